The fraction of sp³-hybridized carbons (Fsp3) is 0. The van der Waals surface area contributed by atoms with E-state index in [1.165, 1.54) is 11.3 Å². The summed E-state index contributed by atoms with van der Waals surface area (Å²) in [5, 5.41) is 0.488. The Morgan fingerprint density at radius 2 is 1.33 bits per heavy atom. The van der Waals surface area contributed by atoms with Gasteiger partial charge in [-0.1, -0.05) is 36.4 Å². The summed E-state index contributed by atoms with van der Waals surface area (Å²) in [7, 11) is 0. The Morgan fingerprint density at radius 3 is 2.10 bits per heavy atom. The van der Waals surface area contributed by atoms with E-state index < -0.39 is 0 Å². The molecule has 1 aliphatic carbocycles. The molecule has 0 fully saturated rings. The summed E-state index contributed by atoms with van der Waals surface area (Å²) in [4.78, 5) is 38.0. The standard InChI is InChI=1S/C17H8O3S/c18-14-9-5-1-2-6-10(9)16(20)17-13(14)15(19)11-7-3-4-8-12(11)21-17/h1-8H. The van der Waals surface area contributed by atoms with Crippen LogP contribution < -0.4 is 5.43 Å². The van der Waals surface area contributed by atoms with Gasteiger partial charge in [0.05, 0.1) is 10.4 Å². The van der Waals surface area contributed by atoms with Gasteiger partial charge in [0.2, 0.25) is 5.78 Å². The molecule has 0 unspecified atom stereocenters. The number of fused-ring (bicyclic) bond motifs is 3. The van der Waals surface area contributed by atoms with Crippen molar-refractivity contribution in [2.75, 3.05) is 0 Å². The van der Waals surface area contributed by atoms with E-state index in [1.54, 1.807) is 42.5 Å². The average Bonchev–Trinajstić information content (AvgIpc) is 2.52. The van der Waals surface area contributed by atoms with Crippen molar-refractivity contribution in [1.29, 1.82) is 0 Å². The second-order valence-electron chi connectivity index (χ2n) is 4.84. The Hall–Kier alpha value is -2.59. The van der Waals surface area contributed by atoms with Crippen LogP contribution in [0.1, 0.15) is 31.2 Å². The third-order valence-electron chi connectivity index (χ3n) is 3.65. The highest BCUT2D eigenvalue weighted by molar-refractivity contribution is 7.20. The highest BCUT2D eigenvalue weighted by Crippen LogP contribution is 2.31. The molecule has 0 spiro atoms. The summed E-state index contributed by atoms with van der Waals surface area (Å²) in [6.07, 6.45) is 0. The Labute approximate surface area is 123 Å². The summed E-state index contributed by atoms with van der Waals surface area (Å²) in [6.45, 7) is 0. The van der Waals surface area contributed by atoms with Gasteiger partial charge in [0.1, 0.15) is 0 Å². The number of benzene rings is 2. The first-order chi connectivity index (χ1) is 10.2. The van der Waals surface area contributed by atoms with Gasteiger partial charge < -0.3 is 0 Å². The lowest BCUT2D eigenvalue weighted by Gasteiger charge is -2.16. The van der Waals surface area contributed by atoms with E-state index in [-0.39, 0.29) is 27.4 Å². The number of carbonyl (C=O) groups is 2. The predicted molar refractivity (Wildman–Crippen MR) is 81.4 cm³/mol. The average molecular weight is 292 g/mol. The highest BCUT2D eigenvalue weighted by Gasteiger charge is 2.32. The molecule has 1 heterocycles. The molecular weight excluding hydrogens is 284 g/mol. The van der Waals surface area contributed by atoms with Crippen LogP contribution in [0.3, 0.4) is 0 Å². The molecule has 0 radical (unpaired) electrons. The molecule has 2 aromatic carbocycles. The van der Waals surface area contributed by atoms with Gasteiger partial charge in [0, 0.05) is 21.2 Å². The van der Waals surface area contributed by atoms with Crippen molar-refractivity contribution in [3.63, 3.8) is 0 Å². The number of rotatable bonds is 0. The van der Waals surface area contributed by atoms with Crippen molar-refractivity contribution in [2.45, 2.75) is 0 Å². The zero-order valence-electron chi connectivity index (χ0n) is 10.8. The third kappa shape index (κ3) is 1.56. The van der Waals surface area contributed by atoms with Crippen LogP contribution in [0, 0.1) is 0 Å². The largest absolute Gasteiger partial charge is 0.288 e. The molecular formula is C17H8O3S. The maximum atomic E-state index is 12.6. The van der Waals surface area contributed by atoms with Crippen molar-refractivity contribution < 1.29 is 9.59 Å². The summed E-state index contributed by atoms with van der Waals surface area (Å²) >= 11 is 1.21. The summed E-state index contributed by atoms with van der Waals surface area (Å²) in [5.74, 6) is -0.597. The van der Waals surface area contributed by atoms with Crippen LogP contribution in [0.15, 0.2) is 53.3 Å². The van der Waals surface area contributed by atoms with Crippen LogP contribution in [-0.4, -0.2) is 11.6 Å². The Morgan fingerprint density at radius 1 is 0.714 bits per heavy atom. The zero-order valence-corrected chi connectivity index (χ0v) is 11.6. The molecule has 4 rings (SSSR count). The number of ketones is 2. The lowest BCUT2D eigenvalue weighted by molar-refractivity contribution is 0.0981. The lowest BCUT2D eigenvalue weighted by Crippen LogP contribution is -2.27. The van der Waals surface area contributed by atoms with E-state index in [4.69, 9.17) is 0 Å². The van der Waals surface area contributed by atoms with Gasteiger partial charge in [-0.3, -0.25) is 14.4 Å². The number of hydrogen-bond donors (Lipinski definition) is 0. The Kier molecular flexibility index (Phi) is 2.43. The highest BCUT2D eigenvalue weighted by atomic mass is 32.1. The van der Waals surface area contributed by atoms with Gasteiger partial charge >= 0.3 is 0 Å². The molecule has 0 aliphatic heterocycles. The molecule has 100 valence electrons. The molecule has 0 bridgehead atoms. The SMILES string of the molecule is O=C1c2ccccc2C(=O)c2c1sc1ccccc1c2=O. The zero-order chi connectivity index (χ0) is 14.6. The molecule has 0 N–H and O–H groups in total. The van der Waals surface area contributed by atoms with Crippen LogP contribution in [0.4, 0.5) is 0 Å². The Balaban J connectivity index is 2.17. The van der Waals surface area contributed by atoms with E-state index >= 15 is 0 Å². The second kappa shape index (κ2) is 4.20. The molecule has 1 aliphatic rings. The first-order valence-electron chi connectivity index (χ1n) is 6.43. The van der Waals surface area contributed by atoms with Gasteiger partial charge in [-0.05, 0) is 12.1 Å². The quantitative estimate of drug-likeness (QED) is 0.500. The van der Waals surface area contributed by atoms with Crippen LogP contribution >= 0.6 is 11.3 Å². The van der Waals surface area contributed by atoms with E-state index in [2.05, 4.69) is 0 Å². The molecule has 4 heteroatoms. The van der Waals surface area contributed by atoms with Crippen LogP contribution in [0.25, 0.3) is 10.1 Å². The fourth-order valence-corrected chi connectivity index (χ4v) is 3.77. The van der Waals surface area contributed by atoms with E-state index in [0.717, 1.165) is 4.70 Å². The second-order valence-corrected chi connectivity index (χ2v) is 5.89. The molecule has 21 heavy (non-hydrogen) atoms. The van der Waals surface area contributed by atoms with Crippen LogP contribution in [-0.2, 0) is 0 Å². The minimum atomic E-state index is -0.354. The van der Waals surface area contributed by atoms with E-state index in [1.807, 2.05) is 6.07 Å². The summed E-state index contributed by atoms with van der Waals surface area (Å²) < 4.78 is 0.724. The van der Waals surface area contributed by atoms with Crippen molar-refractivity contribution in [3.05, 3.63) is 80.3 Å². The third-order valence-corrected chi connectivity index (χ3v) is 4.82. The number of hydrogen-bond acceptors (Lipinski definition) is 4. The van der Waals surface area contributed by atoms with E-state index in [9.17, 15) is 14.4 Å². The molecule has 3 nitrogen and oxygen atoms in total. The van der Waals surface area contributed by atoms with Crippen LogP contribution in [0.5, 0.6) is 0 Å². The van der Waals surface area contributed by atoms with Gasteiger partial charge in [0.25, 0.3) is 0 Å². The smallest absolute Gasteiger partial charge is 0.204 e. The van der Waals surface area contributed by atoms with E-state index in [0.29, 0.717) is 16.5 Å². The molecule has 0 amide bonds. The van der Waals surface area contributed by atoms with Gasteiger partial charge in [-0.15, -0.1) is 11.3 Å². The maximum absolute atomic E-state index is 12.6. The molecule has 0 saturated carbocycles. The predicted octanol–water partition coefficient (Wildman–Crippen LogP) is 3.04. The first-order valence-corrected chi connectivity index (χ1v) is 7.24. The first kappa shape index (κ1) is 12.2. The van der Waals surface area contributed by atoms with Gasteiger partial charge in [-0.25, -0.2) is 0 Å². The van der Waals surface area contributed by atoms with Crippen molar-refractivity contribution in [1.82, 2.24) is 0 Å². The molecule has 0 saturated heterocycles. The van der Waals surface area contributed by atoms with Crippen molar-refractivity contribution >= 4 is 33.0 Å². The van der Waals surface area contributed by atoms with Crippen molar-refractivity contribution in [2.24, 2.45) is 0 Å². The summed E-state index contributed by atoms with van der Waals surface area (Å²) in [5.41, 5.74) is 0.352. The van der Waals surface area contributed by atoms with Crippen LogP contribution in [0.2, 0.25) is 0 Å². The topological polar surface area (TPSA) is 51.2 Å². The number of carbonyl (C=O) groups excluding carboxylic acids is 2. The Bertz CT molecular complexity index is 998. The minimum Gasteiger partial charge on any atom is -0.288 e. The summed E-state index contributed by atoms with van der Waals surface area (Å²) in [6, 6.07) is 13.7. The molecule has 1 aromatic heterocycles. The molecule has 0 atom stereocenters. The van der Waals surface area contributed by atoms with Crippen molar-refractivity contribution in [3.8, 4) is 0 Å². The minimum absolute atomic E-state index is 0.0161. The van der Waals surface area contributed by atoms with Gasteiger partial charge in [-0.2, -0.15) is 0 Å². The maximum Gasteiger partial charge on any atom is 0.204 e. The monoisotopic (exact) mass is 292 g/mol. The molecule has 3 aromatic rings. The lowest BCUT2D eigenvalue weighted by atomic mass is 9.88. The van der Waals surface area contributed by atoms with Gasteiger partial charge in [0.15, 0.2) is 11.2 Å². The fourth-order valence-electron chi connectivity index (χ4n) is 2.64. The normalized spacial score (nSPS) is 13.1.